The van der Waals surface area contributed by atoms with Gasteiger partial charge in [-0.05, 0) is 37.5 Å². The molecule has 0 heterocycles. The van der Waals surface area contributed by atoms with E-state index in [2.05, 4.69) is 0 Å². The van der Waals surface area contributed by atoms with Crippen LogP contribution in [0.4, 0.5) is 0 Å². The van der Waals surface area contributed by atoms with Crippen LogP contribution in [0.1, 0.15) is 25.7 Å². The first-order valence-corrected chi connectivity index (χ1v) is 4.08. The zero-order chi connectivity index (χ0) is 7.40. The fraction of sp³-hybridized carbons (Fsp3) is 1.00. The molecular weight excluding hydrogens is 128 g/mol. The van der Waals surface area contributed by atoms with Crippen LogP contribution in [-0.2, 0) is 0 Å². The molecule has 0 aromatic heterocycles. The molecule has 10 heavy (non-hydrogen) atoms. The first kappa shape index (κ1) is 8.02. The molecule has 0 atom stereocenters. The third-order valence-electron chi connectivity index (χ3n) is 1.91. The highest BCUT2D eigenvalue weighted by Gasteiger charge is 2.19. The van der Waals surface area contributed by atoms with Gasteiger partial charge in [-0.25, -0.2) is 0 Å². The average molecular weight is 144 g/mol. The quantitative estimate of drug-likeness (QED) is 0.601. The van der Waals surface area contributed by atoms with Crippen LogP contribution < -0.4 is 0 Å². The Morgan fingerprint density at radius 3 is 1.10 bits per heavy atom. The van der Waals surface area contributed by atoms with E-state index in [9.17, 15) is 0 Å². The van der Waals surface area contributed by atoms with E-state index < -0.39 is 0 Å². The minimum absolute atomic E-state index is 0.417. The zero-order valence-corrected chi connectivity index (χ0v) is 6.29. The smallest absolute Gasteiger partial charge is 0.0459 e. The van der Waals surface area contributed by atoms with Crippen molar-refractivity contribution >= 4 is 0 Å². The lowest BCUT2D eigenvalue weighted by atomic mass is 10.5. The molecule has 0 bridgehead atoms. The molecule has 0 aliphatic heterocycles. The molecule has 0 unspecified atom stereocenters. The first-order valence-electron chi connectivity index (χ1n) is 4.08. The molecule has 0 radical (unpaired) electrons. The van der Waals surface area contributed by atoms with Gasteiger partial charge in [0.25, 0.3) is 0 Å². The third-order valence-corrected chi connectivity index (χ3v) is 1.91. The van der Waals surface area contributed by atoms with Gasteiger partial charge in [0, 0.05) is 13.2 Å². The number of aliphatic hydroxyl groups excluding tert-OH is 2. The molecule has 0 saturated heterocycles. The number of rotatable bonds is 2. The summed E-state index contributed by atoms with van der Waals surface area (Å²) in [5.41, 5.74) is 0. The van der Waals surface area contributed by atoms with Gasteiger partial charge in [-0.2, -0.15) is 0 Å². The van der Waals surface area contributed by atoms with E-state index in [1.807, 2.05) is 0 Å². The predicted molar refractivity (Wildman–Crippen MR) is 39.6 cm³/mol. The Morgan fingerprint density at radius 1 is 0.800 bits per heavy atom. The molecule has 2 N–H and O–H groups in total. The summed E-state index contributed by atoms with van der Waals surface area (Å²) in [7, 11) is 0. The molecule has 2 aliphatic carbocycles. The molecule has 2 nitrogen and oxygen atoms in total. The minimum atomic E-state index is 0.417. The number of hydrogen-bond donors (Lipinski definition) is 2. The van der Waals surface area contributed by atoms with E-state index in [-0.39, 0.29) is 0 Å². The summed E-state index contributed by atoms with van der Waals surface area (Å²) < 4.78 is 0. The normalized spacial score (nSPS) is 23.4. The molecule has 0 aromatic rings. The summed E-state index contributed by atoms with van der Waals surface area (Å²) in [5.74, 6) is 1.38. The van der Waals surface area contributed by atoms with Crippen molar-refractivity contribution in [3.8, 4) is 0 Å². The second kappa shape index (κ2) is 3.94. The van der Waals surface area contributed by atoms with Gasteiger partial charge >= 0.3 is 0 Å². The fourth-order valence-electron chi connectivity index (χ4n) is 0.601. The van der Waals surface area contributed by atoms with Crippen molar-refractivity contribution in [1.29, 1.82) is 0 Å². The van der Waals surface area contributed by atoms with E-state index in [0.29, 0.717) is 25.0 Å². The van der Waals surface area contributed by atoms with Crippen molar-refractivity contribution in [1.82, 2.24) is 0 Å². The molecule has 2 rings (SSSR count). The van der Waals surface area contributed by atoms with Gasteiger partial charge in [0.1, 0.15) is 0 Å². The first-order chi connectivity index (χ1) is 4.86. The Balaban J connectivity index is 0.0000001000. The maximum absolute atomic E-state index is 8.21. The molecule has 60 valence electrons. The largest absolute Gasteiger partial charge is 0.396 e. The molecule has 0 aromatic carbocycles. The van der Waals surface area contributed by atoms with Gasteiger partial charge in [0.05, 0.1) is 0 Å². The fourth-order valence-corrected chi connectivity index (χ4v) is 0.601. The second-order valence-electron chi connectivity index (χ2n) is 3.25. The monoisotopic (exact) mass is 144 g/mol. The van der Waals surface area contributed by atoms with E-state index >= 15 is 0 Å². The van der Waals surface area contributed by atoms with Gasteiger partial charge in [-0.1, -0.05) is 0 Å². The maximum Gasteiger partial charge on any atom is 0.0459 e. The standard InChI is InChI=1S/2C4H8O/c2*5-3-4-1-2-4/h2*4-5H,1-3H2. The maximum atomic E-state index is 8.21. The molecule has 0 spiro atoms. The summed E-state index contributed by atoms with van der Waals surface area (Å²) in [5, 5.41) is 16.4. The van der Waals surface area contributed by atoms with E-state index in [4.69, 9.17) is 10.2 Å². The van der Waals surface area contributed by atoms with Crippen molar-refractivity contribution in [2.24, 2.45) is 11.8 Å². The van der Waals surface area contributed by atoms with Gasteiger partial charge < -0.3 is 10.2 Å². The van der Waals surface area contributed by atoms with Crippen LogP contribution >= 0.6 is 0 Å². The minimum Gasteiger partial charge on any atom is -0.396 e. The van der Waals surface area contributed by atoms with Gasteiger partial charge in [0.2, 0.25) is 0 Å². The summed E-state index contributed by atoms with van der Waals surface area (Å²) in [6.07, 6.45) is 5.04. The second-order valence-corrected chi connectivity index (χ2v) is 3.25. The van der Waals surface area contributed by atoms with Crippen molar-refractivity contribution in [3.63, 3.8) is 0 Å². The molecule has 2 saturated carbocycles. The third kappa shape index (κ3) is 3.85. The van der Waals surface area contributed by atoms with E-state index in [0.717, 1.165) is 0 Å². The topological polar surface area (TPSA) is 40.5 Å². The van der Waals surface area contributed by atoms with Crippen LogP contribution in [-0.4, -0.2) is 23.4 Å². The Morgan fingerprint density at radius 2 is 1.10 bits per heavy atom. The Kier molecular flexibility index (Phi) is 3.16. The Labute approximate surface area is 61.9 Å². The summed E-state index contributed by atoms with van der Waals surface area (Å²) in [4.78, 5) is 0. The Bertz CT molecular complexity index is 73.3. The highest BCUT2D eigenvalue weighted by atomic mass is 16.3. The Hall–Kier alpha value is -0.0800. The lowest BCUT2D eigenvalue weighted by molar-refractivity contribution is 0.276. The average Bonchev–Trinajstić information content (AvgIpc) is 2.86. The van der Waals surface area contributed by atoms with Gasteiger partial charge in [-0.15, -0.1) is 0 Å². The van der Waals surface area contributed by atoms with Crippen molar-refractivity contribution in [2.75, 3.05) is 13.2 Å². The lowest BCUT2D eigenvalue weighted by Crippen LogP contribution is -1.78. The van der Waals surface area contributed by atoms with Crippen molar-refractivity contribution in [3.05, 3.63) is 0 Å². The molecule has 2 heteroatoms. The number of aliphatic hydroxyl groups is 2. The molecule has 2 fully saturated rings. The molecular formula is C8H16O2. The van der Waals surface area contributed by atoms with E-state index in [1.54, 1.807) is 0 Å². The van der Waals surface area contributed by atoms with Crippen LogP contribution in [0, 0.1) is 11.8 Å². The van der Waals surface area contributed by atoms with Crippen LogP contribution in [0.3, 0.4) is 0 Å². The molecule has 2 aliphatic rings. The zero-order valence-electron chi connectivity index (χ0n) is 6.29. The van der Waals surface area contributed by atoms with Gasteiger partial charge in [-0.3, -0.25) is 0 Å². The van der Waals surface area contributed by atoms with Crippen molar-refractivity contribution in [2.45, 2.75) is 25.7 Å². The van der Waals surface area contributed by atoms with Crippen LogP contribution in [0.5, 0.6) is 0 Å². The molecule has 0 amide bonds. The van der Waals surface area contributed by atoms with Crippen LogP contribution in [0.15, 0.2) is 0 Å². The van der Waals surface area contributed by atoms with Crippen LogP contribution in [0.25, 0.3) is 0 Å². The van der Waals surface area contributed by atoms with Gasteiger partial charge in [0.15, 0.2) is 0 Å². The van der Waals surface area contributed by atoms with Crippen LogP contribution in [0.2, 0.25) is 0 Å². The highest BCUT2D eigenvalue weighted by Crippen LogP contribution is 2.27. The summed E-state index contributed by atoms with van der Waals surface area (Å²) in [6, 6.07) is 0. The predicted octanol–water partition coefficient (Wildman–Crippen LogP) is 0.777. The summed E-state index contributed by atoms with van der Waals surface area (Å²) in [6.45, 7) is 0.833. The highest BCUT2D eigenvalue weighted by molar-refractivity contribution is 4.70. The van der Waals surface area contributed by atoms with E-state index in [1.165, 1.54) is 25.7 Å². The summed E-state index contributed by atoms with van der Waals surface area (Å²) >= 11 is 0. The lowest BCUT2D eigenvalue weighted by Gasteiger charge is -1.73. The SMILES string of the molecule is OCC1CC1.OCC1CC1. The number of hydrogen-bond acceptors (Lipinski definition) is 2. The van der Waals surface area contributed by atoms with Crippen molar-refractivity contribution < 1.29 is 10.2 Å².